The first-order valence-corrected chi connectivity index (χ1v) is 14.5. The van der Waals surface area contributed by atoms with Crippen LogP contribution in [0.15, 0.2) is 12.7 Å². The quantitative estimate of drug-likeness (QED) is 0.127. The zero-order valence-corrected chi connectivity index (χ0v) is 21.0. The molecule has 0 saturated carbocycles. The van der Waals surface area contributed by atoms with Gasteiger partial charge >= 0.3 is 15.2 Å². The van der Waals surface area contributed by atoms with E-state index in [4.69, 9.17) is 24.3 Å². The van der Waals surface area contributed by atoms with Gasteiger partial charge in [0.1, 0.15) is 54.6 Å². The van der Waals surface area contributed by atoms with Gasteiger partial charge in [-0.2, -0.15) is 0 Å². The van der Waals surface area contributed by atoms with Crippen LogP contribution in [0.4, 0.5) is 5.82 Å². The van der Waals surface area contributed by atoms with Gasteiger partial charge in [-0.1, -0.05) is 0 Å². The largest absolute Gasteiger partial charge is 0.394 e. The number of aliphatic hydroxyl groups excluding tert-OH is 6. The molecule has 3 unspecified atom stereocenters. The van der Waals surface area contributed by atoms with E-state index in [1.165, 1.54) is 10.9 Å². The van der Waals surface area contributed by atoms with Crippen molar-refractivity contribution in [2.24, 2.45) is 0 Å². The molecule has 2 aliphatic heterocycles. The van der Waals surface area contributed by atoms with Crippen LogP contribution in [0.1, 0.15) is 6.23 Å². The lowest BCUT2D eigenvalue weighted by molar-refractivity contribution is -0.278. The number of nitrogens with two attached hydrogens (primary N) is 1. The van der Waals surface area contributed by atoms with Gasteiger partial charge in [-0.05, 0) is 0 Å². The Morgan fingerprint density at radius 2 is 1.61 bits per heavy atom. The predicted octanol–water partition coefficient (Wildman–Crippen LogP) is -3.81. The standard InChI is InChI=1S/C17H27N5O14P2/c18-14-8-15(20-3-19-14)22(4-21-8)16-12(27)10(25)7(34-16)2-33-37(29,30)5-38(31,32)36-17-13(28)11(26)9(24)6(1-23)35-17/h3-4,6-7,9-13,16-17,23-28H,1-2,5H2,(H,29,30)(H,31,32)(H2,18,19,20)/t6-,7-,9-,10-,11+,12-,13+,16-,17?/m1/s1. The molecule has 19 nitrogen and oxygen atoms in total. The maximum atomic E-state index is 12.5. The Bertz CT molecular complexity index is 1230. The van der Waals surface area contributed by atoms with Crippen LogP contribution in [0.3, 0.4) is 0 Å². The van der Waals surface area contributed by atoms with Crippen molar-refractivity contribution in [2.75, 3.05) is 24.9 Å². The number of nitrogen functional groups attached to an aromatic ring is 1. The maximum absolute atomic E-state index is 12.5. The second-order valence-electron chi connectivity index (χ2n) is 8.64. The number of aliphatic hydroxyl groups is 6. The van der Waals surface area contributed by atoms with Gasteiger partial charge in [0.05, 0.1) is 19.5 Å². The fourth-order valence-electron chi connectivity index (χ4n) is 3.96. The number of aromatic nitrogens is 4. The molecule has 2 aromatic heterocycles. The number of hydrogen-bond donors (Lipinski definition) is 9. The first kappa shape index (κ1) is 29.3. The van der Waals surface area contributed by atoms with E-state index in [1.807, 2.05) is 0 Å². The summed E-state index contributed by atoms with van der Waals surface area (Å²) in [5.41, 5.74) is 6.11. The molecule has 4 rings (SSSR count). The van der Waals surface area contributed by atoms with E-state index in [0.717, 1.165) is 6.33 Å². The lowest BCUT2D eigenvalue weighted by Gasteiger charge is -2.39. The predicted molar refractivity (Wildman–Crippen MR) is 121 cm³/mol. The molecular weight excluding hydrogens is 560 g/mol. The summed E-state index contributed by atoms with van der Waals surface area (Å²) in [5.74, 6) is -1.45. The first-order valence-electron chi connectivity index (χ1n) is 11.0. The highest BCUT2D eigenvalue weighted by atomic mass is 31.2. The molecule has 2 aromatic rings. The van der Waals surface area contributed by atoms with E-state index in [-0.39, 0.29) is 17.0 Å². The van der Waals surface area contributed by atoms with E-state index in [0.29, 0.717) is 0 Å². The Morgan fingerprint density at radius 1 is 0.921 bits per heavy atom. The van der Waals surface area contributed by atoms with Crippen molar-refractivity contribution in [3.8, 4) is 0 Å². The first-order chi connectivity index (χ1) is 17.7. The van der Waals surface area contributed by atoms with Crippen LogP contribution < -0.4 is 5.73 Å². The van der Waals surface area contributed by atoms with E-state index in [1.54, 1.807) is 0 Å². The molecule has 10 N–H and O–H groups in total. The van der Waals surface area contributed by atoms with Crippen LogP contribution in [-0.2, 0) is 27.7 Å². The van der Waals surface area contributed by atoms with E-state index in [2.05, 4.69) is 15.0 Å². The molecule has 0 aromatic carbocycles. The smallest absolute Gasteiger partial charge is 0.342 e. The lowest BCUT2D eigenvalue weighted by atomic mass is 10.00. The van der Waals surface area contributed by atoms with E-state index < -0.39 is 89.6 Å². The normalized spacial score (nSPS) is 37.2. The Balaban J connectivity index is 1.38. The Morgan fingerprint density at radius 3 is 2.29 bits per heavy atom. The molecule has 0 amide bonds. The van der Waals surface area contributed by atoms with Crippen molar-refractivity contribution in [1.29, 1.82) is 0 Å². The molecule has 21 heteroatoms. The molecule has 214 valence electrons. The summed E-state index contributed by atoms with van der Waals surface area (Å²) in [4.78, 5) is 32.0. The zero-order valence-electron chi connectivity index (χ0n) is 19.3. The summed E-state index contributed by atoms with van der Waals surface area (Å²) in [6, 6.07) is 0. The maximum Gasteiger partial charge on any atom is 0.342 e. The Hall–Kier alpha value is -1.67. The summed E-state index contributed by atoms with van der Waals surface area (Å²) in [6.45, 7) is -1.65. The monoisotopic (exact) mass is 587 g/mol. The fraction of sp³-hybridized carbons (Fsp3) is 0.706. The second-order valence-corrected chi connectivity index (χ2v) is 12.8. The Kier molecular flexibility index (Phi) is 8.54. The second kappa shape index (κ2) is 11.1. The SMILES string of the molecule is Nc1ncnc2c1ncn2[C@@H]1O[C@H](COP(=O)(O)CP(=O)(O)OC2O[C@H](CO)[C@@H](O)[C@H](O)[C@@H]2O)[C@@H](O)[C@H]1O. The van der Waals surface area contributed by atoms with Crippen molar-refractivity contribution in [2.45, 2.75) is 55.2 Å². The molecule has 2 saturated heterocycles. The van der Waals surface area contributed by atoms with Gasteiger partial charge in [0.25, 0.3) is 0 Å². The van der Waals surface area contributed by atoms with Crippen LogP contribution in [0.5, 0.6) is 0 Å². The van der Waals surface area contributed by atoms with Gasteiger partial charge in [0.2, 0.25) is 0 Å². The third-order valence-corrected chi connectivity index (χ3v) is 9.86. The molecular formula is C17H27N5O14P2. The van der Waals surface area contributed by atoms with Crippen LogP contribution in [0.25, 0.3) is 11.2 Å². The summed E-state index contributed by atoms with van der Waals surface area (Å²) in [5, 5.41) is 59.5. The number of nitrogens with zero attached hydrogens (tertiary/aromatic N) is 4. The zero-order chi connectivity index (χ0) is 28.0. The van der Waals surface area contributed by atoms with Crippen LogP contribution in [0, 0.1) is 0 Å². The van der Waals surface area contributed by atoms with Gasteiger partial charge in [-0.15, -0.1) is 0 Å². The third-order valence-electron chi connectivity index (χ3n) is 5.91. The highest BCUT2D eigenvalue weighted by Crippen LogP contribution is 2.59. The number of anilines is 1. The highest BCUT2D eigenvalue weighted by molar-refractivity contribution is 7.70. The van der Waals surface area contributed by atoms with Crippen molar-refractivity contribution in [3.63, 3.8) is 0 Å². The minimum Gasteiger partial charge on any atom is -0.394 e. The number of fused-ring (bicyclic) bond motifs is 1. The summed E-state index contributed by atoms with van der Waals surface area (Å²) in [6.07, 6.45) is -12.6. The minimum atomic E-state index is -5.06. The van der Waals surface area contributed by atoms with Gasteiger partial charge in [0.15, 0.2) is 29.9 Å². The molecule has 0 bridgehead atoms. The van der Waals surface area contributed by atoms with Crippen LogP contribution in [0.2, 0.25) is 0 Å². The lowest BCUT2D eigenvalue weighted by Crippen LogP contribution is -2.58. The van der Waals surface area contributed by atoms with Gasteiger partial charge < -0.3 is 60.2 Å². The average molecular weight is 587 g/mol. The van der Waals surface area contributed by atoms with E-state index in [9.17, 15) is 49.6 Å². The molecule has 38 heavy (non-hydrogen) atoms. The number of imidazole rings is 1. The Labute approximate surface area is 213 Å². The van der Waals surface area contributed by atoms with Gasteiger partial charge in [-0.3, -0.25) is 18.2 Å². The molecule has 0 spiro atoms. The molecule has 0 aliphatic carbocycles. The number of rotatable bonds is 9. The minimum absolute atomic E-state index is 0.0576. The molecule has 2 aliphatic rings. The van der Waals surface area contributed by atoms with Crippen LogP contribution >= 0.6 is 15.2 Å². The summed E-state index contributed by atoms with van der Waals surface area (Å²) in [7, 11) is -10.0. The molecule has 11 atom stereocenters. The van der Waals surface area contributed by atoms with Crippen molar-refractivity contribution >= 4 is 32.2 Å². The fourth-order valence-corrected chi connectivity index (χ4v) is 7.24. The topological polar surface area (TPSA) is 303 Å². The number of hydrogen-bond acceptors (Lipinski definition) is 16. The van der Waals surface area contributed by atoms with Crippen LogP contribution in [-0.4, -0.2) is 128 Å². The summed E-state index contributed by atoms with van der Waals surface area (Å²) >= 11 is 0. The van der Waals surface area contributed by atoms with Crippen molar-refractivity contribution in [1.82, 2.24) is 19.5 Å². The molecule has 2 fully saturated rings. The van der Waals surface area contributed by atoms with Crippen molar-refractivity contribution in [3.05, 3.63) is 12.7 Å². The molecule has 4 heterocycles. The van der Waals surface area contributed by atoms with E-state index >= 15 is 0 Å². The average Bonchev–Trinajstić information content (AvgIpc) is 3.39. The number of ether oxygens (including phenoxy) is 2. The van der Waals surface area contributed by atoms with Gasteiger partial charge in [-0.25, -0.2) is 15.0 Å². The van der Waals surface area contributed by atoms with Gasteiger partial charge in [0, 0.05) is 0 Å². The van der Waals surface area contributed by atoms with Crippen molar-refractivity contribution < 1.29 is 68.1 Å². The summed E-state index contributed by atoms with van der Waals surface area (Å²) < 4.78 is 46.3. The highest BCUT2D eigenvalue weighted by Gasteiger charge is 2.49. The third kappa shape index (κ3) is 5.91. The molecule has 0 radical (unpaired) electrons.